The Labute approximate surface area is 213 Å². The number of hydrogen-bond acceptors (Lipinski definition) is 4. The zero-order chi connectivity index (χ0) is 22.5. The summed E-state index contributed by atoms with van der Waals surface area (Å²) in [6.45, 7) is 0.646. The van der Waals surface area contributed by atoms with Gasteiger partial charge in [0.2, 0.25) is 0 Å². The number of halogens is 2. The zero-order valence-electron chi connectivity index (χ0n) is 16.9. The van der Waals surface area contributed by atoms with Gasteiger partial charge in [-0.3, -0.25) is 14.6 Å². The third-order valence-corrected chi connectivity index (χ3v) is 7.71. The molecule has 0 saturated carbocycles. The topological polar surface area (TPSA) is 71.0 Å². The number of aliphatic imine (C=N–C) groups is 1. The van der Waals surface area contributed by atoms with Crippen LogP contribution >= 0.6 is 45.2 Å². The molecule has 3 aromatic carbocycles. The van der Waals surface area contributed by atoms with Crippen molar-refractivity contribution in [3.05, 3.63) is 85.0 Å². The van der Waals surface area contributed by atoms with Gasteiger partial charge in [-0.15, -0.1) is 0 Å². The van der Waals surface area contributed by atoms with Crippen molar-refractivity contribution in [2.75, 3.05) is 24.6 Å². The molecule has 6 nitrogen and oxygen atoms in total. The molecule has 1 aliphatic heterocycles. The van der Waals surface area contributed by atoms with Gasteiger partial charge in [0, 0.05) is 32.0 Å². The van der Waals surface area contributed by atoms with Gasteiger partial charge >= 0.3 is 0 Å². The highest BCUT2D eigenvalue weighted by Crippen LogP contribution is 2.35. The predicted octanol–water partition coefficient (Wildman–Crippen LogP) is 4.80. The number of anilines is 1. The Hall–Kier alpha value is -2.47. The van der Waals surface area contributed by atoms with Gasteiger partial charge in [0.15, 0.2) is 6.61 Å². The third kappa shape index (κ3) is 5.47. The largest absolute Gasteiger partial charge is 0.482 e. The molecule has 1 heterocycles. The van der Waals surface area contributed by atoms with Crippen LogP contribution in [0.2, 0.25) is 0 Å². The van der Waals surface area contributed by atoms with Crippen LogP contribution in [-0.4, -0.2) is 37.7 Å². The molecule has 3 aromatic rings. The van der Waals surface area contributed by atoms with E-state index >= 15 is 0 Å². The average Bonchev–Trinajstić information content (AvgIpc) is 2.81. The molecule has 0 saturated heterocycles. The monoisotopic (exact) mass is 651 g/mol. The summed E-state index contributed by atoms with van der Waals surface area (Å²) >= 11 is 4.60. The van der Waals surface area contributed by atoms with Crippen molar-refractivity contribution in [2.45, 2.75) is 0 Å². The molecule has 0 radical (unpaired) electrons. The van der Waals surface area contributed by atoms with Crippen LogP contribution in [-0.2, 0) is 4.79 Å². The maximum absolute atomic E-state index is 12.5. The van der Waals surface area contributed by atoms with E-state index in [1.807, 2.05) is 42.5 Å². The minimum atomic E-state index is -0.169. The second-order valence-electron chi connectivity index (χ2n) is 7.04. The van der Waals surface area contributed by atoms with E-state index in [4.69, 9.17) is 4.74 Å². The average molecular weight is 651 g/mol. The number of nitrogens with zero attached hydrogens (tertiary/aromatic N) is 2. The molecule has 4 rings (SSSR count). The van der Waals surface area contributed by atoms with Crippen molar-refractivity contribution in [3.8, 4) is 5.75 Å². The van der Waals surface area contributed by atoms with Crippen molar-refractivity contribution in [2.24, 2.45) is 4.99 Å². The molecular formula is C24H19I2N3O3. The van der Waals surface area contributed by atoms with Crippen LogP contribution in [0.25, 0.3) is 0 Å². The quantitative estimate of drug-likeness (QED) is 0.308. The second kappa shape index (κ2) is 10.4. The maximum atomic E-state index is 12.5. The highest BCUT2D eigenvalue weighted by Gasteiger charge is 2.25. The molecule has 162 valence electrons. The first kappa shape index (κ1) is 22.7. The summed E-state index contributed by atoms with van der Waals surface area (Å²) in [7, 11) is 0. The van der Waals surface area contributed by atoms with Gasteiger partial charge in [0.05, 0.1) is 11.4 Å². The first-order valence-corrected chi connectivity index (χ1v) is 12.1. The fraction of sp³-hybridized carbons (Fsp3) is 0.125. The van der Waals surface area contributed by atoms with Crippen LogP contribution in [0.3, 0.4) is 0 Å². The minimum Gasteiger partial charge on any atom is -0.482 e. The van der Waals surface area contributed by atoms with E-state index in [1.165, 1.54) is 7.14 Å². The van der Waals surface area contributed by atoms with Crippen molar-refractivity contribution in [1.29, 1.82) is 0 Å². The van der Waals surface area contributed by atoms with Crippen LogP contribution in [0.4, 0.5) is 11.4 Å². The van der Waals surface area contributed by atoms with Gasteiger partial charge in [-0.05, 0) is 93.2 Å². The van der Waals surface area contributed by atoms with Crippen LogP contribution in [0.15, 0.2) is 71.7 Å². The van der Waals surface area contributed by atoms with Crippen molar-refractivity contribution in [1.82, 2.24) is 5.32 Å². The van der Waals surface area contributed by atoms with Crippen molar-refractivity contribution in [3.63, 3.8) is 0 Å². The van der Waals surface area contributed by atoms with E-state index in [1.54, 1.807) is 23.2 Å². The molecule has 1 aliphatic rings. The van der Waals surface area contributed by atoms with Crippen LogP contribution in [0.5, 0.6) is 5.75 Å². The number of carbonyl (C=O) groups excluding carboxylic acids is 2. The number of ether oxygens (including phenoxy) is 1. The normalized spacial score (nSPS) is 13.1. The molecule has 0 spiro atoms. The van der Waals surface area contributed by atoms with Crippen LogP contribution in [0, 0.1) is 7.14 Å². The Morgan fingerprint density at radius 2 is 1.88 bits per heavy atom. The summed E-state index contributed by atoms with van der Waals surface area (Å²) in [6.07, 6.45) is 1.80. The smallest absolute Gasteiger partial charge is 0.265 e. The van der Waals surface area contributed by atoms with E-state index in [-0.39, 0.29) is 18.4 Å². The molecule has 0 unspecified atom stereocenters. The third-order valence-electron chi connectivity index (χ3n) is 4.85. The van der Waals surface area contributed by atoms with E-state index in [9.17, 15) is 9.59 Å². The maximum Gasteiger partial charge on any atom is 0.265 e. The fourth-order valence-electron chi connectivity index (χ4n) is 3.23. The first-order valence-electron chi connectivity index (χ1n) is 9.91. The minimum absolute atomic E-state index is 0.0245. The molecule has 0 aliphatic carbocycles. The van der Waals surface area contributed by atoms with Crippen LogP contribution < -0.4 is 15.0 Å². The summed E-state index contributed by atoms with van der Waals surface area (Å²) in [5.41, 5.74) is 2.96. The van der Waals surface area contributed by atoms with E-state index < -0.39 is 0 Å². The lowest BCUT2D eigenvalue weighted by molar-refractivity contribution is -0.121. The lowest BCUT2D eigenvalue weighted by Gasteiger charge is -2.29. The molecular weight excluding hydrogens is 632 g/mol. The number of nitrogens with one attached hydrogen (secondary N) is 1. The summed E-state index contributed by atoms with van der Waals surface area (Å²) in [5, 5.41) is 2.86. The molecule has 8 heteroatoms. The first-order chi connectivity index (χ1) is 15.5. The van der Waals surface area contributed by atoms with Gasteiger partial charge in [-0.2, -0.15) is 0 Å². The number of rotatable bonds is 6. The predicted molar refractivity (Wildman–Crippen MR) is 142 cm³/mol. The molecule has 1 N–H and O–H groups in total. The molecule has 2 amide bonds. The molecule has 0 bridgehead atoms. The molecule has 0 atom stereocenters. The lowest BCUT2D eigenvalue weighted by Crippen LogP contribution is -2.43. The second-order valence-corrected chi connectivity index (χ2v) is 9.36. The fourth-order valence-corrected chi connectivity index (χ4v) is 4.11. The Kier molecular flexibility index (Phi) is 7.40. The molecule has 32 heavy (non-hydrogen) atoms. The van der Waals surface area contributed by atoms with Gasteiger partial charge in [-0.25, -0.2) is 0 Å². The number of benzene rings is 3. The number of carbonyl (C=O) groups is 2. The lowest BCUT2D eigenvalue weighted by atomic mass is 10.2. The number of fused-ring (bicyclic) bond motifs is 1. The van der Waals surface area contributed by atoms with Gasteiger partial charge in [0.1, 0.15) is 5.75 Å². The van der Waals surface area contributed by atoms with Crippen molar-refractivity contribution < 1.29 is 14.3 Å². The zero-order valence-corrected chi connectivity index (χ0v) is 21.2. The number of amides is 2. The highest BCUT2D eigenvalue weighted by molar-refractivity contribution is 14.1. The molecule has 0 fully saturated rings. The summed E-state index contributed by atoms with van der Waals surface area (Å²) in [6, 6.07) is 20.6. The Morgan fingerprint density at radius 3 is 2.66 bits per heavy atom. The summed E-state index contributed by atoms with van der Waals surface area (Å²) in [5.74, 6) is 0.304. The van der Waals surface area contributed by atoms with Gasteiger partial charge in [-0.1, -0.05) is 24.3 Å². The SMILES string of the molecule is O=C(NCCN1C(=O)COc2ccc(N=Cc3ccc(I)c(I)c3)cc21)c1ccccc1. The standard InChI is InChI=1S/C24H19I2N3O3/c25-19-8-6-16(12-20(19)26)14-28-18-7-9-22-21(13-18)29(23(30)15-32-22)11-10-27-24(31)17-4-2-1-3-5-17/h1-9,12-14H,10-11,15H2,(H,27,31). The summed E-state index contributed by atoms with van der Waals surface area (Å²) in [4.78, 5) is 31.0. The van der Waals surface area contributed by atoms with E-state index in [2.05, 4.69) is 67.6 Å². The Balaban J connectivity index is 1.47. The van der Waals surface area contributed by atoms with Gasteiger partial charge < -0.3 is 15.0 Å². The summed E-state index contributed by atoms with van der Waals surface area (Å²) < 4.78 is 7.94. The molecule has 0 aromatic heterocycles. The van der Waals surface area contributed by atoms with Crippen molar-refractivity contribution >= 4 is 74.6 Å². The van der Waals surface area contributed by atoms with Crippen LogP contribution in [0.1, 0.15) is 15.9 Å². The highest BCUT2D eigenvalue weighted by atomic mass is 127. The Morgan fingerprint density at radius 1 is 1.06 bits per heavy atom. The van der Waals surface area contributed by atoms with E-state index in [0.29, 0.717) is 35.8 Å². The van der Waals surface area contributed by atoms with E-state index in [0.717, 1.165) is 5.56 Å². The van der Waals surface area contributed by atoms with Gasteiger partial charge in [0.25, 0.3) is 11.8 Å². The number of hydrogen-bond donors (Lipinski definition) is 1. The Bertz CT molecular complexity index is 1180.